The Labute approximate surface area is 194 Å². The fraction of sp³-hybridized carbons (Fsp3) is 0.0455. The molecule has 1 N–H and O–H groups in total. The fourth-order valence-corrected chi connectivity index (χ4v) is 3.77. The predicted octanol–water partition coefficient (Wildman–Crippen LogP) is 4.93. The molecule has 0 aliphatic heterocycles. The summed E-state index contributed by atoms with van der Waals surface area (Å²) in [5.74, 6) is -0.814. The minimum absolute atomic E-state index is 0.0940. The minimum atomic E-state index is -4.86. The maximum atomic E-state index is 14.1. The van der Waals surface area contributed by atoms with Crippen molar-refractivity contribution in [1.82, 2.24) is 29.8 Å². The third-order valence-electron chi connectivity index (χ3n) is 4.96. The first-order chi connectivity index (χ1) is 16.3. The van der Waals surface area contributed by atoms with Crippen LogP contribution >= 0.6 is 11.6 Å². The Morgan fingerprint density at radius 2 is 1.71 bits per heavy atom. The van der Waals surface area contributed by atoms with Crippen molar-refractivity contribution in [1.29, 1.82) is 0 Å². The van der Waals surface area contributed by atoms with Crippen LogP contribution in [0.15, 0.2) is 73.3 Å². The van der Waals surface area contributed by atoms with Crippen molar-refractivity contribution in [2.75, 3.05) is 5.32 Å². The summed E-state index contributed by atoms with van der Waals surface area (Å²) in [6, 6.07) is 13.2. The number of carbonyl (C=O) groups excluding carboxylic acids is 1. The molecule has 2 aromatic carbocycles. The molecular formula is C22H13ClF3N7O. The van der Waals surface area contributed by atoms with E-state index in [9.17, 15) is 18.0 Å². The van der Waals surface area contributed by atoms with E-state index in [4.69, 9.17) is 11.6 Å². The zero-order valence-electron chi connectivity index (χ0n) is 17.0. The van der Waals surface area contributed by atoms with E-state index in [2.05, 4.69) is 25.6 Å². The van der Waals surface area contributed by atoms with E-state index in [1.165, 1.54) is 35.5 Å². The average Bonchev–Trinajstić information content (AvgIpc) is 3.49. The SMILES string of the molecule is O=C(Nc1cnc(-n2nccn2)c(Cl)c1)c1cnn(-c2cccc3ccccc23)c1C(F)(F)F. The normalized spacial score (nSPS) is 11.6. The third-order valence-corrected chi connectivity index (χ3v) is 5.24. The quantitative estimate of drug-likeness (QED) is 0.391. The maximum absolute atomic E-state index is 14.1. The lowest BCUT2D eigenvalue weighted by atomic mass is 10.1. The Balaban J connectivity index is 1.53. The lowest BCUT2D eigenvalue weighted by Crippen LogP contribution is -2.21. The van der Waals surface area contributed by atoms with Crippen molar-refractivity contribution in [2.45, 2.75) is 6.18 Å². The molecule has 1 amide bonds. The van der Waals surface area contributed by atoms with Crippen LogP contribution in [-0.2, 0) is 6.18 Å². The summed E-state index contributed by atoms with van der Waals surface area (Å²) >= 11 is 6.18. The van der Waals surface area contributed by atoms with E-state index < -0.39 is 23.3 Å². The summed E-state index contributed by atoms with van der Waals surface area (Å²) < 4.78 is 43.1. The molecule has 0 aliphatic rings. The van der Waals surface area contributed by atoms with Crippen LogP contribution in [0.25, 0.3) is 22.3 Å². The number of benzene rings is 2. The highest BCUT2D eigenvalue weighted by Gasteiger charge is 2.41. The number of nitrogens with zero attached hydrogens (tertiary/aromatic N) is 6. The van der Waals surface area contributed by atoms with E-state index in [1.54, 1.807) is 36.4 Å². The van der Waals surface area contributed by atoms with Gasteiger partial charge in [0.2, 0.25) is 0 Å². The molecule has 0 radical (unpaired) electrons. The van der Waals surface area contributed by atoms with Gasteiger partial charge >= 0.3 is 6.18 Å². The van der Waals surface area contributed by atoms with Gasteiger partial charge in [0.15, 0.2) is 11.5 Å². The third kappa shape index (κ3) is 3.86. The highest BCUT2D eigenvalue weighted by molar-refractivity contribution is 6.32. The zero-order chi connectivity index (χ0) is 23.9. The molecule has 12 heteroatoms. The number of halogens is 4. The van der Waals surface area contributed by atoms with Gasteiger partial charge in [-0.2, -0.15) is 28.5 Å². The van der Waals surface area contributed by atoms with Crippen molar-refractivity contribution < 1.29 is 18.0 Å². The molecule has 0 saturated heterocycles. The van der Waals surface area contributed by atoms with Crippen LogP contribution in [0, 0.1) is 0 Å². The number of hydrogen-bond acceptors (Lipinski definition) is 5. The summed E-state index contributed by atoms with van der Waals surface area (Å²) in [4.78, 5) is 18.1. The van der Waals surface area contributed by atoms with E-state index >= 15 is 0 Å². The van der Waals surface area contributed by atoms with Crippen LogP contribution < -0.4 is 5.32 Å². The van der Waals surface area contributed by atoms with Gasteiger partial charge in [-0.05, 0) is 17.5 Å². The Hall–Kier alpha value is -4.25. The van der Waals surface area contributed by atoms with Gasteiger partial charge in [-0.15, -0.1) is 4.80 Å². The standard InChI is InChI=1S/C22H13ClF3N7O/c23-17-10-14(11-27-20(17)33-28-8-9-29-33)31-21(34)16-12-30-32(19(16)22(24,25)26)18-7-3-5-13-4-1-2-6-15(13)18/h1-12H,(H,31,34). The molecule has 3 heterocycles. The van der Waals surface area contributed by atoms with Crippen molar-refractivity contribution in [3.8, 4) is 11.5 Å². The Morgan fingerprint density at radius 1 is 0.971 bits per heavy atom. The number of fused-ring (bicyclic) bond motifs is 1. The van der Waals surface area contributed by atoms with Gasteiger partial charge in [0.05, 0.1) is 46.7 Å². The molecule has 0 atom stereocenters. The summed E-state index contributed by atoms with van der Waals surface area (Å²) in [7, 11) is 0. The number of anilines is 1. The molecule has 0 fully saturated rings. The van der Waals surface area contributed by atoms with Gasteiger partial charge in [-0.3, -0.25) is 4.79 Å². The molecule has 5 rings (SSSR count). The fourth-order valence-electron chi connectivity index (χ4n) is 3.53. The number of pyridine rings is 1. The highest BCUT2D eigenvalue weighted by atomic mass is 35.5. The number of nitrogens with one attached hydrogen (secondary N) is 1. The molecule has 0 bridgehead atoms. The van der Waals surface area contributed by atoms with Crippen molar-refractivity contribution in [2.24, 2.45) is 0 Å². The first-order valence-electron chi connectivity index (χ1n) is 9.80. The van der Waals surface area contributed by atoms with Gasteiger partial charge in [0, 0.05) is 5.39 Å². The van der Waals surface area contributed by atoms with E-state index in [-0.39, 0.29) is 22.2 Å². The lowest BCUT2D eigenvalue weighted by Gasteiger charge is -2.14. The smallest absolute Gasteiger partial charge is 0.320 e. The monoisotopic (exact) mass is 483 g/mol. The second kappa shape index (κ2) is 8.27. The Morgan fingerprint density at radius 3 is 2.44 bits per heavy atom. The van der Waals surface area contributed by atoms with Crippen LogP contribution in [0.3, 0.4) is 0 Å². The van der Waals surface area contributed by atoms with E-state index in [0.29, 0.717) is 5.39 Å². The number of amides is 1. The molecule has 0 aliphatic carbocycles. The minimum Gasteiger partial charge on any atom is -0.320 e. The number of rotatable bonds is 4. The van der Waals surface area contributed by atoms with Crippen molar-refractivity contribution in [3.63, 3.8) is 0 Å². The molecule has 34 heavy (non-hydrogen) atoms. The molecule has 0 saturated carbocycles. The maximum Gasteiger partial charge on any atom is 0.434 e. The Bertz CT molecular complexity index is 1510. The topological polar surface area (TPSA) is 90.5 Å². The highest BCUT2D eigenvalue weighted by Crippen LogP contribution is 2.35. The zero-order valence-corrected chi connectivity index (χ0v) is 17.8. The van der Waals surface area contributed by atoms with Gasteiger partial charge in [0.25, 0.3) is 5.91 Å². The van der Waals surface area contributed by atoms with E-state index in [0.717, 1.165) is 16.3 Å². The molecular weight excluding hydrogens is 471 g/mol. The van der Waals surface area contributed by atoms with Gasteiger partial charge in [0.1, 0.15) is 0 Å². The van der Waals surface area contributed by atoms with Crippen LogP contribution in [0.5, 0.6) is 0 Å². The number of aromatic nitrogens is 6. The van der Waals surface area contributed by atoms with Gasteiger partial charge in [-0.1, -0.05) is 48.0 Å². The summed E-state index contributed by atoms with van der Waals surface area (Å²) in [5.41, 5.74) is -1.55. The summed E-state index contributed by atoms with van der Waals surface area (Å²) in [5, 5.41) is 15.5. The van der Waals surface area contributed by atoms with E-state index in [1.807, 2.05) is 0 Å². The predicted molar refractivity (Wildman–Crippen MR) is 118 cm³/mol. The lowest BCUT2D eigenvalue weighted by molar-refractivity contribution is -0.143. The number of carbonyl (C=O) groups is 1. The molecule has 5 aromatic rings. The summed E-state index contributed by atoms with van der Waals surface area (Å²) in [6.45, 7) is 0. The molecule has 170 valence electrons. The van der Waals surface area contributed by atoms with Crippen LogP contribution in [0.1, 0.15) is 16.1 Å². The molecule has 3 aromatic heterocycles. The Kier molecular flexibility index (Phi) is 5.25. The molecule has 0 spiro atoms. The van der Waals surface area contributed by atoms with Crippen LogP contribution in [-0.4, -0.2) is 35.7 Å². The second-order valence-corrected chi connectivity index (χ2v) is 7.52. The molecule has 8 nitrogen and oxygen atoms in total. The van der Waals surface area contributed by atoms with Crippen LogP contribution in [0.2, 0.25) is 5.02 Å². The first-order valence-corrected chi connectivity index (χ1v) is 10.2. The second-order valence-electron chi connectivity index (χ2n) is 7.12. The van der Waals surface area contributed by atoms with Gasteiger partial charge in [-0.25, -0.2) is 9.67 Å². The van der Waals surface area contributed by atoms with Crippen molar-refractivity contribution in [3.05, 3.63) is 89.6 Å². The largest absolute Gasteiger partial charge is 0.434 e. The van der Waals surface area contributed by atoms with Gasteiger partial charge < -0.3 is 5.32 Å². The first kappa shape index (κ1) is 21.6. The number of alkyl halides is 3. The van der Waals surface area contributed by atoms with Crippen molar-refractivity contribution >= 4 is 34.0 Å². The average molecular weight is 484 g/mol. The number of hydrogen-bond donors (Lipinski definition) is 1. The summed E-state index contributed by atoms with van der Waals surface area (Å²) in [6.07, 6.45) is 0.132. The van der Waals surface area contributed by atoms with Crippen LogP contribution in [0.4, 0.5) is 18.9 Å². The molecule has 0 unspecified atom stereocenters.